The SMILES string of the molecule is CC[C@H](C)[C@H](NC(=O)[C@@H](Cc1ccc(OC)cc1)NC)C(=O)N[C@@H](CO)C(=O)N[C@H](CCC(N)=O)C(=O)N[C@@H](C(=O)N[C@H](C(=O)N[C@@H](CO)C(=O)N[C@H]1C(=O)N[C@@H](C)C(=O)N[C@@]2(C[C@H]2CC(F)F)C(=O)N[C@@H]([C@@H](C)CC)C(=O)O[C@H]1C)[C@@H](C)CC)[C@@H](C)CC. The number of hydrogen-bond acceptors (Lipinski definition) is 17. The van der Waals surface area contributed by atoms with E-state index in [2.05, 4.69) is 58.5 Å². The van der Waals surface area contributed by atoms with Crippen LogP contribution in [0.5, 0.6) is 5.75 Å². The van der Waals surface area contributed by atoms with Crippen molar-refractivity contribution >= 4 is 70.9 Å². The Morgan fingerprint density at radius 1 is 0.674 bits per heavy atom. The van der Waals surface area contributed by atoms with E-state index in [4.69, 9.17) is 15.2 Å². The molecule has 3 rings (SSSR count). The number of esters is 1. The van der Waals surface area contributed by atoms with Gasteiger partial charge in [0.2, 0.25) is 71.4 Å². The van der Waals surface area contributed by atoms with Gasteiger partial charge in [0, 0.05) is 12.8 Å². The van der Waals surface area contributed by atoms with Gasteiger partial charge in [0.1, 0.15) is 71.8 Å². The first-order chi connectivity index (χ1) is 41.9. The summed E-state index contributed by atoms with van der Waals surface area (Å²) in [6.07, 6.45) is -4.82. The van der Waals surface area contributed by atoms with Crippen LogP contribution in [-0.2, 0) is 68.7 Å². The average molecular weight is 1270 g/mol. The van der Waals surface area contributed by atoms with Crippen LogP contribution in [0.3, 0.4) is 0 Å². The number of likely N-dealkylation sites (N-methyl/N-ethyl adjacent to an activating group) is 1. The molecule has 1 heterocycles. The maximum atomic E-state index is 14.4. The number of benzene rings is 1. The van der Waals surface area contributed by atoms with Crippen molar-refractivity contribution < 1.29 is 86.0 Å². The molecule has 2 fully saturated rings. The van der Waals surface area contributed by atoms with Crippen LogP contribution in [0.2, 0.25) is 0 Å². The maximum Gasteiger partial charge on any atom is 0.329 e. The van der Waals surface area contributed by atoms with Gasteiger partial charge in [0.25, 0.3) is 0 Å². The van der Waals surface area contributed by atoms with Crippen molar-refractivity contribution in [3.8, 4) is 5.75 Å². The Morgan fingerprint density at radius 2 is 1.15 bits per heavy atom. The Labute approximate surface area is 517 Å². The maximum absolute atomic E-state index is 14.4. The summed E-state index contributed by atoms with van der Waals surface area (Å²) in [5.41, 5.74) is 4.40. The first kappa shape index (κ1) is 75.6. The number of aliphatic hydroxyl groups is 2. The number of carbonyl (C=O) groups excluding carboxylic acids is 12. The van der Waals surface area contributed by atoms with Crippen molar-refractivity contribution in [2.45, 2.75) is 206 Å². The van der Waals surface area contributed by atoms with E-state index in [0.29, 0.717) is 18.6 Å². The topological polar surface area (TPSA) is 422 Å². The van der Waals surface area contributed by atoms with E-state index in [9.17, 15) is 76.5 Å². The summed E-state index contributed by atoms with van der Waals surface area (Å²) in [5, 5.41) is 48.8. The van der Waals surface area contributed by atoms with Gasteiger partial charge in [-0.15, -0.1) is 0 Å². The highest BCUT2D eigenvalue weighted by Crippen LogP contribution is 2.48. The van der Waals surface area contributed by atoms with Gasteiger partial charge in [-0.1, -0.05) is 93.2 Å². The Bertz CT molecular complexity index is 2640. The minimum atomic E-state index is -2.83. The zero-order valence-corrected chi connectivity index (χ0v) is 52.8. The van der Waals surface area contributed by atoms with Crippen LogP contribution in [0.4, 0.5) is 8.78 Å². The van der Waals surface area contributed by atoms with E-state index in [1.807, 2.05) is 0 Å². The van der Waals surface area contributed by atoms with Crippen LogP contribution in [0.15, 0.2) is 24.3 Å². The number of cyclic esters (lactones) is 1. The number of amides is 11. The van der Waals surface area contributed by atoms with E-state index in [-0.39, 0.29) is 25.7 Å². The van der Waals surface area contributed by atoms with Gasteiger partial charge in [-0.05, 0) is 87.4 Å². The van der Waals surface area contributed by atoms with Crippen LogP contribution in [0.25, 0.3) is 0 Å². The fourth-order valence-electron chi connectivity index (χ4n) is 9.85. The number of hydrogen-bond donors (Lipinski definition) is 14. The number of alkyl halides is 2. The standard InChI is InChI=1S/C59H94F2N12O16/c1-13-28(5)43(69-50(79)38(63-11)23-34-17-19-36(88-12)20-18-34)53(82)66-39(26-74)51(80)65-37(21-22-42(62)76)49(78)68-45(30(7)15-3)55(84)70-44(29(6)14-2)54(83)67-40(27-75)52(81)71-47-33(10)89-57(86)46(31(8)16-4)72-58(87)59(25-35(59)24-41(60)61)73-48(77)32(9)64-56(47)85/h17-20,28-33,35,37-41,43-47,63,74-75H,13-16,21-27H2,1-12H3,(H2,62,76)(H,64,85)(H,65,80)(H,66,82)(H,67,83)(H,68,78)(H,69,79)(H,70,84)(H,71,81)(H,72,87)(H,73,77)/t28-,29-,30-,31-,32-,33-,35+,37+,38+,39-,40-,43-,44-,45+,46-,47+,59+/m0/s1. The summed E-state index contributed by atoms with van der Waals surface area (Å²) >= 11 is 0. The minimum Gasteiger partial charge on any atom is -0.497 e. The smallest absolute Gasteiger partial charge is 0.329 e. The van der Waals surface area contributed by atoms with Gasteiger partial charge in [0.05, 0.1) is 26.4 Å². The molecule has 1 aromatic carbocycles. The zero-order chi connectivity index (χ0) is 67.2. The highest BCUT2D eigenvalue weighted by atomic mass is 19.3. The largest absolute Gasteiger partial charge is 0.497 e. The summed E-state index contributed by atoms with van der Waals surface area (Å²) in [4.78, 5) is 165. The van der Waals surface area contributed by atoms with Crippen molar-refractivity contribution in [3.05, 3.63) is 29.8 Å². The number of nitrogens with one attached hydrogen (secondary N) is 11. The summed E-state index contributed by atoms with van der Waals surface area (Å²) in [6.45, 7) is 13.7. The lowest BCUT2D eigenvalue weighted by Crippen LogP contribution is -2.63. The van der Waals surface area contributed by atoms with Crippen molar-refractivity contribution in [2.75, 3.05) is 27.4 Å². The predicted octanol–water partition coefficient (Wildman–Crippen LogP) is -1.88. The first-order valence-corrected chi connectivity index (χ1v) is 30.3. The molecule has 30 heteroatoms. The second-order valence-corrected chi connectivity index (χ2v) is 23.2. The fraction of sp³-hybridized carbons (Fsp3) is 0.695. The van der Waals surface area contributed by atoms with Gasteiger partial charge < -0.3 is 83.9 Å². The minimum absolute atomic E-state index is 0.186. The lowest BCUT2D eigenvalue weighted by molar-refractivity contribution is -0.157. The second kappa shape index (κ2) is 35.6. The van der Waals surface area contributed by atoms with Gasteiger partial charge in [-0.3, -0.25) is 52.7 Å². The number of carbonyl (C=O) groups is 12. The molecule has 1 saturated carbocycles. The molecule has 500 valence electrons. The quantitative estimate of drug-likeness (QED) is 0.0343. The zero-order valence-electron chi connectivity index (χ0n) is 52.8. The van der Waals surface area contributed by atoms with Gasteiger partial charge in [0.15, 0.2) is 0 Å². The Morgan fingerprint density at radius 3 is 1.61 bits per heavy atom. The molecule has 17 atom stereocenters. The number of ether oxygens (including phenoxy) is 2. The molecule has 1 aliphatic carbocycles. The van der Waals surface area contributed by atoms with Gasteiger partial charge in [-0.25, -0.2) is 13.6 Å². The molecule has 1 aliphatic heterocycles. The predicted molar refractivity (Wildman–Crippen MR) is 318 cm³/mol. The highest BCUT2D eigenvalue weighted by Gasteiger charge is 2.62. The normalized spacial score (nSPS) is 23.2. The fourth-order valence-corrected chi connectivity index (χ4v) is 9.85. The summed E-state index contributed by atoms with van der Waals surface area (Å²) < 4.78 is 38.0. The monoisotopic (exact) mass is 1260 g/mol. The second-order valence-electron chi connectivity index (χ2n) is 23.2. The van der Waals surface area contributed by atoms with Crippen molar-refractivity contribution in [3.63, 3.8) is 0 Å². The molecule has 89 heavy (non-hydrogen) atoms. The molecule has 0 unspecified atom stereocenters. The summed E-state index contributed by atoms with van der Waals surface area (Å²) in [6, 6.07) is -7.83. The van der Waals surface area contributed by atoms with Crippen LogP contribution in [-0.4, -0.2) is 187 Å². The number of rotatable bonds is 33. The first-order valence-electron chi connectivity index (χ1n) is 30.3. The number of nitrogens with two attached hydrogens (primary N) is 1. The molecule has 0 aromatic heterocycles. The molecule has 11 amide bonds. The van der Waals surface area contributed by atoms with Crippen LogP contribution in [0, 0.1) is 29.6 Å². The molecule has 28 nitrogen and oxygen atoms in total. The van der Waals surface area contributed by atoms with E-state index in [1.165, 1.54) is 21.0 Å². The van der Waals surface area contributed by atoms with Crippen molar-refractivity contribution in [1.29, 1.82) is 0 Å². The van der Waals surface area contributed by atoms with E-state index >= 15 is 0 Å². The average Bonchev–Trinajstić information content (AvgIpc) is 1.78. The Balaban J connectivity index is 1.85. The van der Waals surface area contributed by atoms with Crippen LogP contribution >= 0.6 is 0 Å². The molecule has 1 saturated heterocycles. The summed E-state index contributed by atoms with van der Waals surface area (Å²) in [5.74, 6) is -14.5. The summed E-state index contributed by atoms with van der Waals surface area (Å²) in [7, 11) is 3.10. The van der Waals surface area contributed by atoms with E-state index in [0.717, 1.165) is 5.56 Å². The van der Waals surface area contributed by atoms with Crippen molar-refractivity contribution in [2.24, 2.45) is 35.3 Å². The molecule has 15 N–H and O–H groups in total. The van der Waals surface area contributed by atoms with Crippen molar-refractivity contribution in [1.82, 2.24) is 58.5 Å². The Hall–Kier alpha value is -7.60. The lowest BCUT2D eigenvalue weighted by atomic mass is 9.94. The molecular weight excluding hydrogens is 1170 g/mol. The third-order valence-electron chi connectivity index (χ3n) is 16.8. The molecule has 0 radical (unpaired) electrons. The van der Waals surface area contributed by atoms with Crippen LogP contribution in [0.1, 0.15) is 126 Å². The van der Waals surface area contributed by atoms with Gasteiger partial charge in [-0.2, -0.15) is 0 Å². The molecule has 0 bridgehead atoms. The highest BCUT2D eigenvalue weighted by molar-refractivity contribution is 6.01. The lowest BCUT2D eigenvalue weighted by Gasteiger charge is -2.31. The number of aliphatic hydroxyl groups excluding tert-OH is 2. The van der Waals surface area contributed by atoms with Gasteiger partial charge >= 0.3 is 5.97 Å². The number of primary amides is 1. The Kier molecular flexibility index (Phi) is 30.2. The molecule has 2 aliphatic rings. The molecule has 1 spiro atoms. The number of methoxy groups -OCH3 is 1. The van der Waals surface area contributed by atoms with E-state index in [1.54, 1.807) is 86.7 Å². The third kappa shape index (κ3) is 21.6. The van der Waals surface area contributed by atoms with Crippen LogP contribution < -0.4 is 69.0 Å². The number of halogens is 2. The molecular formula is C59H94F2N12O16. The van der Waals surface area contributed by atoms with E-state index < -0.39 is 212 Å². The third-order valence-corrected chi connectivity index (χ3v) is 16.8. The molecule has 1 aromatic rings.